The van der Waals surface area contributed by atoms with Crippen molar-refractivity contribution in [2.45, 2.75) is 6.92 Å². The summed E-state index contributed by atoms with van der Waals surface area (Å²) in [5, 5.41) is 9.68. The molecular weight excluding hydrogens is 258 g/mol. The Labute approximate surface area is 94.9 Å². The maximum absolute atomic E-state index is 11.0. The number of aryl methyl sites for hydroxylation is 1. The minimum absolute atomic E-state index is 0.288. The van der Waals surface area contributed by atoms with Crippen LogP contribution in [0.5, 0.6) is 0 Å². The fraction of sp³-hybridized carbons (Fsp3) is 0.0909. The van der Waals surface area contributed by atoms with Crippen LogP contribution in [0.25, 0.3) is 10.9 Å². The standard InChI is InChI=1S/C11H8BrNO2/c1-6-9(12)3-2-7-8(11(14)15)4-5-13-10(6)7/h2-5H,1H3,(H,14,15). The van der Waals surface area contributed by atoms with E-state index < -0.39 is 5.97 Å². The molecule has 15 heavy (non-hydrogen) atoms. The van der Waals surface area contributed by atoms with Gasteiger partial charge in [-0.2, -0.15) is 0 Å². The summed E-state index contributed by atoms with van der Waals surface area (Å²) >= 11 is 3.39. The third-order valence-corrected chi connectivity index (χ3v) is 3.19. The van der Waals surface area contributed by atoms with Gasteiger partial charge >= 0.3 is 5.97 Å². The quantitative estimate of drug-likeness (QED) is 0.863. The molecule has 2 aromatic rings. The van der Waals surface area contributed by atoms with E-state index in [0.29, 0.717) is 5.39 Å². The lowest BCUT2D eigenvalue weighted by Crippen LogP contribution is -1.99. The Bertz CT molecular complexity index is 552. The molecule has 0 unspecified atom stereocenters. The molecule has 3 nitrogen and oxygen atoms in total. The fourth-order valence-electron chi connectivity index (χ4n) is 1.52. The Morgan fingerprint density at radius 3 is 2.80 bits per heavy atom. The lowest BCUT2D eigenvalue weighted by molar-refractivity contribution is 0.0699. The van der Waals surface area contributed by atoms with Crippen LogP contribution in [-0.2, 0) is 0 Å². The number of benzene rings is 1. The maximum Gasteiger partial charge on any atom is 0.336 e. The van der Waals surface area contributed by atoms with Crippen molar-refractivity contribution in [3.63, 3.8) is 0 Å². The first-order valence-electron chi connectivity index (χ1n) is 4.38. The zero-order chi connectivity index (χ0) is 11.0. The van der Waals surface area contributed by atoms with Crippen molar-refractivity contribution in [3.8, 4) is 0 Å². The van der Waals surface area contributed by atoms with E-state index in [1.165, 1.54) is 12.3 Å². The van der Waals surface area contributed by atoms with Crippen molar-refractivity contribution in [2.24, 2.45) is 0 Å². The van der Waals surface area contributed by atoms with E-state index >= 15 is 0 Å². The highest BCUT2D eigenvalue weighted by molar-refractivity contribution is 9.10. The highest BCUT2D eigenvalue weighted by atomic mass is 79.9. The molecule has 0 aliphatic rings. The summed E-state index contributed by atoms with van der Waals surface area (Å²) in [5.41, 5.74) is 1.97. The number of carbonyl (C=O) groups is 1. The van der Waals surface area contributed by atoms with Crippen LogP contribution in [0.1, 0.15) is 15.9 Å². The first-order chi connectivity index (χ1) is 7.11. The summed E-state index contributed by atoms with van der Waals surface area (Å²) in [4.78, 5) is 15.2. The molecule has 1 heterocycles. The molecular formula is C11H8BrNO2. The molecule has 0 aliphatic heterocycles. The normalized spacial score (nSPS) is 10.5. The number of rotatable bonds is 1. The Kier molecular flexibility index (Phi) is 2.44. The van der Waals surface area contributed by atoms with Crippen molar-refractivity contribution < 1.29 is 9.90 Å². The van der Waals surface area contributed by atoms with E-state index in [2.05, 4.69) is 20.9 Å². The predicted molar refractivity (Wildman–Crippen MR) is 61.1 cm³/mol. The molecule has 0 aliphatic carbocycles. The molecule has 76 valence electrons. The summed E-state index contributed by atoms with van der Waals surface area (Å²) in [6.07, 6.45) is 1.52. The van der Waals surface area contributed by atoms with Gasteiger partial charge < -0.3 is 5.11 Å². The smallest absolute Gasteiger partial charge is 0.336 e. The van der Waals surface area contributed by atoms with Crippen molar-refractivity contribution >= 4 is 32.8 Å². The van der Waals surface area contributed by atoms with Gasteiger partial charge in [0.05, 0.1) is 11.1 Å². The number of aromatic nitrogens is 1. The Hall–Kier alpha value is -1.42. The van der Waals surface area contributed by atoms with Gasteiger partial charge in [0.15, 0.2) is 0 Å². The van der Waals surface area contributed by atoms with E-state index in [1.807, 2.05) is 13.0 Å². The highest BCUT2D eigenvalue weighted by Gasteiger charge is 2.10. The number of carboxylic acid groups (broad SMARTS) is 1. The van der Waals surface area contributed by atoms with Gasteiger partial charge in [-0.3, -0.25) is 4.98 Å². The maximum atomic E-state index is 11.0. The second-order valence-corrected chi connectivity index (χ2v) is 4.09. The number of halogens is 1. The van der Waals surface area contributed by atoms with Gasteiger partial charge in [-0.05, 0) is 24.6 Å². The van der Waals surface area contributed by atoms with Gasteiger partial charge in [-0.15, -0.1) is 0 Å². The summed E-state index contributed by atoms with van der Waals surface area (Å²) in [5.74, 6) is -0.927. The molecule has 0 bridgehead atoms. The molecule has 0 saturated carbocycles. The van der Waals surface area contributed by atoms with Crippen LogP contribution in [0, 0.1) is 6.92 Å². The van der Waals surface area contributed by atoms with Crippen LogP contribution >= 0.6 is 15.9 Å². The van der Waals surface area contributed by atoms with Gasteiger partial charge in [0.2, 0.25) is 0 Å². The minimum Gasteiger partial charge on any atom is -0.478 e. The molecule has 1 aromatic carbocycles. The molecule has 1 aromatic heterocycles. The zero-order valence-corrected chi connectivity index (χ0v) is 9.58. The zero-order valence-electron chi connectivity index (χ0n) is 7.99. The van der Waals surface area contributed by atoms with E-state index in [0.717, 1.165) is 15.6 Å². The summed E-state index contributed by atoms with van der Waals surface area (Å²) in [6.45, 7) is 1.91. The fourth-order valence-corrected chi connectivity index (χ4v) is 1.84. The van der Waals surface area contributed by atoms with Gasteiger partial charge in [0.25, 0.3) is 0 Å². The first-order valence-corrected chi connectivity index (χ1v) is 5.17. The summed E-state index contributed by atoms with van der Waals surface area (Å²) in [6, 6.07) is 5.12. The van der Waals surface area contributed by atoms with E-state index in [1.54, 1.807) is 6.07 Å². The van der Waals surface area contributed by atoms with Gasteiger partial charge in [-0.25, -0.2) is 4.79 Å². The molecule has 0 spiro atoms. The van der Waals surface area contributed by atoms with E-state index in [4.69, 9.17) is 5.11 Å². The largest absolute Gasteiger partial charge is 0.478 e. The molecule has 4 heteroatoms. The SMILES string of the molecule is Cc1c(Br)ccc2c(C(=O)O)ccnc12. The number of hydrogen-bond donors (Lipinski definition) is 1. The number of carboxylic acids is 1. The van der Waals surface area contributed by atoms with Crippen LogP contribution in [0.2, 0.25) is 0 Å². The van der Waals surface area contributed by atoms with Crippen molar-refractivity contribution in [1.29, 1.82) is 0 Å². The number of pyridine rings is 1. The van der Waals surface area contributed by atoms with Crippen LogP contribution < -0.4 is 0 Å². The van der Waals surface area contributed by atoms with Crippen LogP contribution in [0.4, 0.5) is 0 Å². The van der Waals surface area contributed by atoms with Crippen LogP contribution in [0.3, 0.4) is 0 Å². The van der Waals surface area contributed by atoms with Gasteiger partial charge in [0, 0.05) is 16.1 Å². The lowest BCUT2D eigenvalue weighted by Gasteiger charge is -2.05. The monoisotopic (exact) mass is 265 g/mol. The predicted octanol–water partition coefficient (Wildman–Crippen LogP) is 3.00. The number of nitrogens with zero attached hydrogens (tertiary/aromatic N) is 1. The Morgan fingerprint density at radius 1 is 1.40 bits per heavy atom. The molecule has 2 rings (SSSR count). The summed E-state index contributed by atoms with van der Waals surface area (Å²) in [7, 11) is 0. The number of hydrogen-bond acceptors (Lipinski definition) is 2. The van der Waals surface area contributed by atoms with Gasteiger partial charge in [-0.1, -0.05) is 22.0 Å². The van der Waals surface area contributed by atoms with Crippen LogP contribution in [0.15, 0.2) is 28.9 Å². The third-order valence-electron chi connectivity index (χ3n) is 2.33. The van der Waals surface area contributed by atoms with E-state index in [9.17, 15) is 4.79 Å². The third kappa shape index (κ3) is 1.61. The average Bonchev–Trinajstić information content (AvgIpc) is 2.23. The Balaban J connectivity index is 2.89. The van der Waals surface area contributed by atoms with E-state index in [-0.39, 0.29) is 5.56 Å². The van der Waals surface area contributed by atoms with Crippen molar-refractivity contribution in [2.75, 3.05) is 0 Å². The van der Waals surface area contributed by atoms with Crippen molar-refractivity contribution in [3.05, 3.63) is 40.0 Å². The molecule has 0 fully saturated rings. The average molecular weight is 266 g/mol. The second-order valence-electron chi connectivity index (χ2n) is 3.23. The number of fused-ring (bicyclic) bond motifs is 1. The topological polar surface area (TPSA) is 50.2 Å². The molecule has 0 atom stereocenters. The summed E-state index contributed by atoms with van der Waals surface area (Å²) < 4.78 is 0.935. The lowest BCUT2D eigenvalue weighted by atomic mass is 10.1. The first kappa shape index (κ1) is 10.1. The molecule has 0 radical (unpaired) electrons. The molecule has 0 saturated heterocycles. The molecule has 1 N–H and O–H groups in total. The highest BCUT2D eigenvalue weighted by Crippen LogP contribution is 2.26. The Morgan fingerprint density at radius 2 is 2.13 bits per heavy atom. The second kappa shape index (κ2) is 3.62. The number of aromatic carboxylic acids is 1. The van der Waals surface area contributed by atoms with Crippen LogP contribution in [-0.4, -0.2) is 16.1 Å². The van der Waals surface area contributed by atoms with Crippen molar-refractivity contribution in [1.82, 2.24) is 4.98 Å². The minimum atomic E-state index is -0.927. The molecule has 0 amide bonds. The van der Waals surface area contributed by atoms with Gasteiger partial charge in [0.1, 0.15) is 0 Å².